The Bertz CT molecular complexity index is 467. The van der Waals surface area contributed by atoms with Crippen LogP contribution in [-0.2, 0) is 23.9 Å². The van der Waals surface area contributed by atoms with Crippen LogP contribution in [0.15, 0.2) is 30.3 Å². The molecule has 1 aromatic rings. The van der Waals surface area contributed by atoms with Gasteiger partial charge in [-0.05, 0) is 6.92 Å². The van der Waals surface area contributed by atoms with Gasteiger partial charge in [0, 0.05) is 12.5 Å². The fourth-order valence-corrected chi connectivity index (χ4v) is 1.33. The highest BCUT2D eigenvalue weighted by Gasteiger charge is 2.28. The minimum Gasteiger partial charge on any atom is -0.479 e. The Morgan fingerprint density at radius 3 is 2.16 bits per heavy atom. The number of ether oxygens (including phenoxy) is 2. The number of aliphatic carboxylic acids is 1. The topological polar surface area (TPSA) is 89.9 Å². The zero-order chi connectivity index (χ0) is 14.4. The Balaban J connectivity index is 2.89. The van der Waals surface area contributed by atoms with Gasteiger partial charge < -0.3 is 14.6 Å². The molecule has 1 aromatic carbocycles. The molecule has 0 amide bonds. The number of benzene rings is 1. The number of hydrogen-bond donors (Lipinski definition) is 1. The van der Waals surface area contributed by atoms with E-state index in [1.165, 1.54) is 6.92 Å². The molecule has 0 radical (unpaired) electrons. The fraction of sp³-hybridized carbons (Fsp3) is 0.308. The van der Waals surface area contributed by atoms with Crippen LogP contribution in [0, 0.1) is 0 Å². The predicted octanol–water partition coefficient (Wildman–Crippen LogP) is 1.31. The summed E-state index contributed by atoms with van der Waals surface area (Å²) in [5.74, 6) is -2.85. The van der Waals surface area contributed by atoms with E-state index in [9.17, 15) is 14.4 Å². The maximum absolute atomic E-state index is 11.8. The zero-order valence-electron chi connectivity index (χ0n) is 10.5. The van der Waals surface area contributed by atoms with Crippen LogP contribution in [0.2, 0.25) is 0 Å². The van der Waals surface area contributed by atoms with Crippen LogP contribution in [0.25, 0.3) is 0 Å². The van der Waals surface area contributed by atoms with E-state index in [0.29, 0.717) is 5.56 Å². The first-order valence-corrected chi connectivity index (χ1v) is 5.57. The van der Waals surface area contributed by atoms with Crippen LogP contribution >= 0.6 is 0 Å². The Morgan fingerprint density at radius 2 is 1.68 bits per heavy atom. The van der Waals surface area contributed by atoms with Gasteiger partial charge in [-0.25, -0.2) is 9.59 Å². The fourth-order valence-electron chi connectivity index (χ4n) is 1.33. The van der Waals surface area contributed by atoms with Crippen molar-refractivity contribution in [3.8, 4) is 0 Å². The first kappa shape index (κ1) is 14.7. The van der Waals surface area contributed by atoms with E-state index < -0.39 is 30.1 Å². The normalized spacial score (nSPS) is 13.2. The van der Waals surface area contributed by atoms with Crippen LogP contribution in [-0.4, -0.2) is 29.1 Å². The first-order valence-electron chi connectivity index (χ1n) is 5.57. The number of carbonyl (C=O) groups is 3. The van der Waals surface area contributed by atoms with E-state index in [-0.39, 0.29) is 0 Å². The van der Waals surface area contributed by atoms with Crippen LogP contribution in [0.5, 0.6) is 0 Å². The Morgan fingerprint density at radius 1 is 1.11 bits per heavy atom. The molecule has 2 atom stereocenters. The summed E-state index contributed by atoms with van der Waals surface area (Å²) in [4.78, 5) is 33.5. The third-order valence-electron chi connectivity index (χ3n) is 2.24. The van der Waals surface area contributed by atoms with Gasteiger partial charge in [-0.2, -0.15) is 0 Å². The molecule has 0 saturated heterocycles. The molecule has 0 spiro atoms. The molecule has 0 heterocycles. The molecule has 0 bridgehead atoms. The summed E-state index contributed by atoms with van der Waals surface area (Å²) in [5, 5.41) is 8.68. The number of carboxylic acids is 1. The molecule has 0 aliphatic carbocycles. The van der Waals surface area contributed by atoms with Crippen LogP contribution in [0.4, 0.5) is 0 Å². The van der Waals surface area contributed by atoms with Crippen LogP contribution < -0.4 is 0 Å². The van der Waals surface area contributed by atoms with Crippen molar-refractivity contribution < 1.29 is 29.0 Å². The number of hydrogen-bond acceptors (Lipinski definition) is 5. The Hall–Kier alpha value is -2.37. The molecule has 0 aliphatic rings. The van der Waals surface area contributed by atoms with Crippen molar-refractivity contribution in [2.24, 2.45) is 0 Å². The molecular weight excluding hydrogens is 252 g/mol. The Labute approximate surface area is 109 Å². The molecule has 0 aromatic heterocycles. The van der Waals surface area contributed by atoms with E-state index in [0.717, 1.165) is 6.92 Å². The second-order valence-electron chi connectivity index (χ2n) is 3.82. The Kier molecular flexibility index (Phi) is 5.05. The lowest BCUT2D eigenvalue weighted by atomic mass is 10.1. The van der Waals surface area contributed by atoms with Gasteiger partial charge in [0.2, 0.25) is 6.10 Å². The molecule has 6 heteroatoms. The maximum Gasteiger partial charge on any atom is 0.353 e. The highest BCUT2D eigenvalue weighted by molar-refractivity contribution is 5.83. The monoisotopic (exact) mass is 266 g/mol. The van der Waals surface area contributed by atoms with Crippen molar-refractivity contribution in [3.63, 3.8) is 0 Å². The summed E-state index contributed by atoms with van der Waals surface area (Å²) < 4.78 is 9.59. The quantitative estimate of drug-likeness (QED) is 0.808. The van der Waals surface area contributed by atoms with E-state index in [4.69, 9.17) is 14.6 Å². The van der Waals surface area contributed by atoms with Crippen molar-refractivity contribution in [1.29, 1.82) is 0 Å². The van der Waals surface area contributed by atoms with Gasteiger partial charge in [-0.3, -0.25) is 4.79 Å². The third-order valence-corrected chi connectivity index (χ3v) is 2.24. The highest BCUT2D eigenvalue weighted by atomic mass is 16.6. The predicted molar refractivity (Wildman–Crippen MR) is 64.1 cm³/mol. The summed E-state index contributed by atoms with van der Waals surface area (Å²) in [5.41, 5.74) is 0.417. The number of esters is 2. The van der Waals surface area contributed by atoms with Gasteiger partial charge in [0.1, 0.15) is 0 Å². The number of carboxylic acid groups (broad SMARTS) is 1. The molecule has 1 rings (SSSR count). The number of carbonyl (C=O) groups excluding carboxylic acids is 2. The van der Waals surface area contributed by atoms with Gasteiger partial charge in [-0.1, -0.05) is 30.3 Å². The molecule has 0 fully saturated rings. The summed E-state index contributed by atoms with van der Waals surface area (Å²) in [6.45, 7) is 2.37. The zero-order valence-corrected chi connectivity index (χ0v) is 10.5. The second-order valence-corrected chi connectivity index (χ2v) is 3.82. The third kappa shape index (κ3) is 4.42. The minimum absolute atomic E-state index is 0.417. The van der Waals surface area contributed by atoms with Crippen molar-refractivity contribution in [2.75, 3.05) is 0 Å². The summed E-state index contributed by atoms with van der Waals surface area (Å²) in [6, 6.07) is 8.24. The van der Waals surface area contributed by atoms with Crippen molar-refractivity contribution >= 4 is 17.9 Å². The smallest absolute Gasteiger partial charge is 0.353 e. The van der Waals surface area contributed by atoms with Gasteiger partial charge in [0.15, 0.2) is 6.10 Å². The number of rotatable bonds is 5. The standard InChI is InChI=1S/C13H14O6/c1-8(12(15)16)18-13(17)11(19-9(2)14)10-6-4-3-5-7-10/h3-8,11H,1-2H3,(H,15,16). The molecule has 1 N–H and O–H groups in total. The van der Waals surface area contributed by atoms with Gasteiger partial charge in [0.25, 0.3) is 0 Å². The van der Waals surface area contributed by atoms with Crippen molar-refractivity contribution in [2.45, 2.75) is 26.1 Å². The van der Waals surface area contributed by atoms with Gasteiger partial charge in [0.05, 0.1) is 0 Å². The summed E-state index contributed by atoms with van der Waals surface area (Å²) >= 11 is 0. The van der Waals surface area contributed by atoms with Gasteiger partial charge >= 0.3 is 17.9 Å². The summed E-state index contributed by atoms with van der Waals surface area (Å²) in [7, 11) is 0. The van der Waals surface area contributed by atoms with Crippen LogP contribution in [0.1, 0.15) is 25.5 Å². The molecule has 0 aliphatic heterocycles. The maximum atomic E-state index is 11.8. The lowest BCUT2D eigenvalue weighted by Crippen LogP contribution is -2.29. The van der Waals surface area contributed by atoms with Gasteiger partial charge in [-0.15, -0.1) is 0 Å². The lowest BCUT2D eigenvalue weighted by Gasteiger charge is -2.17. The minimum atomic E-state index is -1.31. The summed E-state index contributed by atoms with van der Waals surface area (Å²) in [6.07, 6.45) is -2.57. The molecule has 19 heavy (non-hydrogen) atoms. The molecular formula is C13H14O6. The van der Waals surface area contributed by atoms with Crippen molar-refractivity contribution in [3.05, 3.63) is 35.9 Å². The molecule has 102 valence electrons. The first-order chi connectivity index (χ1) is 8.91. The van der Waals surface area contributed by atoms with Crippen LogP contribution in [0.3, 0.4) is 0 Å². The highest BCUT2D eigenvalue weighted by Crippen LogP contribution is 2.19. The average molecular weight is 266 g/mol. The van der Waals surface area contributed by atoms with E-state index in [2.05, 4.69) is 0 Å². The van der Waals surface area contributed by atoms with Crippen molar-refractivity contribution in [1.82, 2.24) is 0 Å². The lowest BCUT2D eigenvalue weighted by molar-refractivity contribution is -0.175. The molecule has 0 saturated carbocycles. The SMILES string of the molecule is CC(=O)OC(C(=O)OC(C)C(=O)O)c1ccccc1. The molecule has 6 nitrogen and oxygen atoms in total. The van der Waals surface area contributed by atoms with E-state index in [1.54, 1.807) is 30.3 Å². The largest absolute Gasteiger partial charge is 0.479 e. The average Bonchev–Trinajstić information content (AvgIpc) is 2.36. The second kappa shape index (κ2) is 6.53. The van der Waals surface area contributed by atoms with E-state index >= 15 is 0 Å². The van der Waals surface area contributed by atoms with E-state index in [1.807, 2.05) is 0 Å². The molecule has 2 unspecified atom stereocenters.